The van der Waals surface area contributed by atoms with E-state index >= 15 is 0 Å². The van der Waals surface area contributed by atoms with Gasteiger partial charge in [0.15, 0.2) is 5.82 Å². The number of H-pyrrole nitrogens is 1. The Morgan fingerprint density at radius 1 is 1.41 bits per heavy atom. The van der Waals surface area contributed by atoms with Gasteiger partial charge in [-0.3, -0.25) is 10.00 Å². The van der Waals surface area contributed by atoms with Crippen molar-refractivity contribution < 1.29 is 4.79 Å². The number of amides is 2. The molecule has 3 atom stereocenters. The molecule has 2 aromatic heterocycles. The van der Waals surface area contributed by atoms with Crippen molar-refractivity contribution in [1.82, 2.24) is 24.6 Å². The zero-order chi connectivity index (χ0) is 20.5. The Kier molecular flexibility index (Phi) is 5.04. The van der Waals surface area contributed by atoms with Gasteiger partial charge in [-0.2, -0.15) is 5.10 Å². The molecule has 2 aliphatic rings. The van der Waals surface area contributed by atoms with Gasteiger partial charge in [0.05, 0.1) is 6.34 Å². The second kappa shape index (κ2) is 7.65. The zero-order valence-electron chi connectivity index (χ0n) is 16.9. The Balaban J connectivity index is 1.34. The van der Waals surface area contributed by atoms with Crippen molar-refractivity contribution in [1.29, 1.82) is 0 Å². The van der Waals surface area contributed by atoms with Crippen molar-refractivity contribution in [2.45, 2.75) is 18.9 Å². The van der Waals surface area contributed by atoms with Crippen LogP contribution in [-0.2, 0) is 7.05 Å². The van der Waals surface area contributed by atoms with E-state index in [9.17, 15) is 4.79 Å². The Hall–Kier alpha value is -3.23. The van der Waals surface area contributed by atoms with E-state index in [0.29, 0.717) is 23.7 Å². The number of carbonyl (C=O) groups is 1. The second-order valence-corrected chi connectivity index (χ2v) is 7.93. The van der Waals surface area contributed by atoms with Crippen molar-refractivity contribution in [3.05, 3.63) is 36.7 Å². The van der Waals surface area contributed by atoms with Crippen molar-refractivity contribution >= 4 is 29.7 Å². The van der Waals surface area contributed by atoms with Gasteiger partial charge in [0.2, 0.25) is 0 Å². The number of urea groups is 1. The molecule has 3 heterocycles. The van der Waals surface area contributed by atoms with Crippen LogP contribution in [0.25, 0.3) is 5.70 Å². The molecule has 4 rings (SSSR count). The first-order valence-electron chi connectivity index (χ1n) is 9.85. The molecule has 1 saturated carbocycles. The number of aliphatic imine (C=N–C) groups is 1. The third-order valence-electron chi connectivity index (χ3n) is 6.18. The lowest BCUT2D eigenvalue weighted by atomic mass is 10.0. The van der Waals surface area contributed by atoms with E-state index in [4.69, 9.17) is 5.73 Å². The van der Waals surface area contributed by atoms with Gasteiger partial charge >= 0.3 is 6.03 Å². The van der Waals surface area contributed by atoms with Crippen LogP contribution in [0.5, 0.6) is 0 Å². The van der Waals surface area contributed by atoms with E-state index in [1.807, 2.05) is 30.4 Å². The number of hydrogen-bond donors (Lipinski definition) is 3. The molecule has 1 saturated heterocycles. The van der Waals surface area contributed by atoms with Gasteiger partial charge in [0.25, 0.3) is 0 Å². The number of aromatic nitrogens is 3. The van der Waals surface area contributed by atoms with Crippen LogP contribution in [0.2, 0.25) is 0 Å². The maximum absolute atomic E-state index is 12.5. The summed E-state index contributed by atoms with van der Waals surface area (Å²) < 4.78 is 1.68. The first-order valence-corrected chi connectivity index (χ1v) is 9.85. The van der Waals surface area contributed by atoms with Crippen LogP contribution >= 0.6 is 0 Å². The van der Waals surface area contributed by atoms with E-state index in [0.717, 1.165) is 43.0 Å². The van der Waals surface area contributed by atoms with E-state index < -0.39 is 0 Å². The summed E-state index contributed by atoms with van der Waals surface area (Å²) in [7, 11) is 3.92. The molecule has 2 aromatic rings. The number of nitrogens with two attached hydrogens (primary N) is 1. The number of rotatable bonds is 5. The lowest BCUT2D eigenvalue weighted by molar-refractivity contribution is 0.215. The summed E-state index contributed by atoms with van der Waals surface area (Å²) in [4.78, 5) is 24.0. The molecule has 0 bridgehead atoms. The van der Waals surface area contributed by atoms with Crippen molar-refractivity contribution in [2.75, 3.05) is 25.5 Å². The van der Waals surface area contributed by atoms with Gasteiger partial charge in [0.1, 0.15) is 5.82 Å². The fourth-order valence-corrected chi connectivity index (χ4v) is 4.61. The average Bonchev–Trinajstić information content (AvgIpc) is 3.44. The van der Waals surface area contributed by atoms with E-state index in [2.05, 4.69) is 38.9 Å². The Morgan fingerprint density at radius 2 is 2.14 bits per heavy atom. The predicted octanol–water partition coefficient (Wildman–Crippen LogP) is 2.21. The van der Waals surface area contributed by atoms with Gasteiger partial charge in [-0.05, 0) is 30.7 Å². The molecule has 29 heavy (non-hydrogen) atoms. The Bertz CT molecular complexity index is 915. The number of aromatic amines is 1. The van der Waals surface area contributed by atoms with Gasteiger partial charge in [-0.25, -0.2) is 9.79 Å². The Morgan fingerprint density at radius 3 is 2.76 bits per heavy atom. The summed E-state index contributed by atoms with van der Waals surface area (Å²) in [6.45, 7) is 5.85. The maximum atomic E-state index is 12.5. The highest BCUT2D eigenvalue weighted by Gasteiger charge is 2.43. The molecule has 1 unspecified atom stereocenters. The van der Waals surface area contributed by atoms with Crippen molar-refractivity contribution in [2.24, 2.45) is 29.6 Å². The number of nitrogens with zero attached hydrogens (tertiary/aromatic N) is 5. The van der Waals surface area contributed by atoms with E-state index in [1.54, 1.807) is 10.7 Å². The third kappa shape index (κ3) is 3.72. The van der Waals surface area contributed by atoms with E-state index in [-0.39, 0.29) is 6.03 Å². The quantitative estimate of drug-likeness (QED) is 0.532. The number of likely N-dealkylation sites (tertiary alicyclic amines) is 1. The highest BCUT2D eigenvalue weighted by Crippen LogP contribution is 2.42. The topological polar surface area (TPSA) is 108 Å². The number of anilines is 1. The molecule has 0 aromatic carbocycles. The molecule has 0 radical (unpaired) electrons. The number of aryl methyl sites for hydroxylation is 1. The standard InChI is InChI=1S/C20H28N8O/c1-13(17-4-6-22-19(17)23-12-21)27(3)16-8-14-10-28(11-15(14)9-16)20(29)24-18-5-7-26(2)25-18/h4-7,12,14-16,22H,1,8-11H2,2-3H3,(H2,21,23)(H,24,25,29)/t14-,15?,16+/m1/s1. The minimum absolute atomic E-state index is 0.0657. The monoisotopic (exact) mass is 396 g/mol. The SMILES string of the molecule is C=C(c1cc[nH]c1/N=C\N)N(C)[C@@H]1CC2CN(C(=O)Nc3ccn(C)n3)C[C@H]2C1. The van der Waals surface area contributed by atoms with Crippen molar-refractivity contribution in [3.8, 4) is 0 Å². The summed E-state index contributed by atoms with van der Waals surface area (Å²) >= 11 is 0. The maximum Gasteiger partial charge on any atom is 0.323 e. The molecule has 154 valence electrons. The molecule has 0 spiro atoms. The average molecular weight is 396 g/mol. The van der Waals surface area contributed by atoms with Crippen LogP contribution < -0.4 is 11.1 Å². The minimum atomic E-state index is -0.0657. The second-order valence-electron chi connectivity index (χ2n) is 7.93. The fourth-order valence-electron chi connectivity index (χ4n) is 4.61. The molecule has 9 heteroatoms. The first kappa shape index (κ1) is 19.1. The minimum Gasteiger partial charge on any atom is -0.390 e. The highest BCUT2D eigenvalue weighted by molar-refractivity contribution is 5.88. The van der Waals surface area contributed by atoms with Gasteiger partial charge in [-0.1, -0.05) is 6.58 Å². The molecule has 4 N–H and O–H groups in total. The molecule has 1 aliphatic carbocycles. The zero-order valence-corrected chi connectivity index (χ0v) is 16.9. The van der Waals surface area contributed by atoms with Crippen LogP contribution in [0.4, 0.5) is 16.4 Å². The highest BCUT2D eigenvalue weighted by atomic mass is 16.2. The summed E-state index contributed by atoms with van der Waals surface area (Å²) in [5.41, 5.74) is 7.33. The van der Waals surface area contributed by atoms with Gasteiger partial charge < -0.3 is 20.5 Å². The number of nitrogens with one attached hydrogen (secondary N) is 2. The van der Waals surface area contributed by atoms with Gasteiger partial charge in [-0.15, -0.1) is 0 Å². The molecule has 2 fully saturated rings. The van der Waals surface area contributed by atoms with Crippen LogP contribution in [0.15, 0.2) is 36.1 Å². The first-order chi connectivity index (χ1) is 14.0. The lowest BCUT2D eigenvalue weighted by Crippen LogP contribution is -2.36. The van der Waals surface area contributed by atoms with Crippen LogP contribution in [0.3, 0.4) is 0 Å². The Labute approximate surface area is 170 Å². The summed E-state index contributed by atoms with van der Waals surface area (Å²) in [5.74, 6) is 2.33. The summed E-state index contributed by atoms with van der Waals surface area (Å²) in [6, 6.07) is 4.11. The largest absolute Gasteiger partial charge is 0.390 e. The smallest absolute Gasteiger partial charge is 0.323 e. The van der Waals surface area contributed by atoms with Crippen LogP contribution in [-0.4, -0.2) is 63.1 Å². The molecule has 2 amide bonds. The summed E-state index contributed by atoms with van der Waals surface area (Å²) in [5, 5.41) is 7.10. The molecule has 1 aliphatic heterocycles. The predicted molar refractivity (Wildman–Crippen MR) is 114 cm³/mol. The fraction of sp³-hybridized carbons (Fsp3) is 0.450. The molecule has 9 nitrogen and oxygen atoms in total. The number of fused-ring (bicyclic) bond motifs is 1. The summed E-state index contributed by atoms with van der Waals surface area (Å²) in [6.07, 6.45) is 7.04. The number of hydrogen-bond acceptors (Lipinski definition) is 4. The third-order valence-corrected chi connectivity index (χ3v) is 6.18. The van der Waals surface area contributed by atoms with E-state index in [1.165, 1.54) is 6.34 Å². The number of carbonyl (C=O) groups excluding carboxylic acids is 1. The van der Waals surface area contributed by atoms with Crippen LogP contribution in [0, 0.1) is 11.8 Å². The lowest BCUT2D eigenvalue weighted by Gasteiger charge is -2.30. The molecular formula is C20H28N8O. The van der Waals surface area contributed by atoms with Crippen molar-refractivity contribution in [3.63, 3.8) is 0 Å². The normalized spacial score (nSPS) is 23.5. The van der Waals surface area contributed by atoms with Crippen LogP contribution in [0.1, 0.15) is 18.4 Å². The molecular weight excluding hydrogens is 368 g/mol. The van der Waals surface area contributed by atoms with Gasteiger partial charge in [0, 0.05) is 62.9 Å².